The third-order valence-electron chi connectivity index (χ3n) is 10.1. The van der Waals surface area contributed by atoms with E-state index in [2.05, 4.69) is 30.6 Å². The fourth-order valence-corrected chi connectivity index (χ4v) is 7.42. The van der Waals surface area contributed by atoms with Crippen LogP contribution in [0.15, 0.2) is 47.7 Å². The van der Waals surface area contributed by atoms with Crippen LogP contribution in [-0.4, -0.2) is 86.1 Å². The van der Waals surface area contributed by atoms with E-state index >= 15 is 0 Å². The lowest BCUT2D eigenvalue weighted by molar-refractivity contribution is -0.0661. The Hall–Kier alpha value is -4.26. The van der Waals surface area contributed by atoms with Gasteiger partial charge in [0.15, 0.2) is 5.82 Å². The summed E-state index contributed by atoms with van der Waals surface area (Å²) in [5, 5.41) is 13.8. The van der Waals surface area contributed by atoms with E-state index in [0.717, 1.165) is 89.1 Å². The van der Waals surface area contributed by atoms with E-state index in [4.69, 9.17) is 19.7 Å². The van der Waals surface area contributed by atoms with E-state index in [1.165, 1.54) is 34.4 Å². The molecule has 4 aromatic rings. The summed E-state index contributed by atoms with van der Waals surface area (Å²) < 4.78 is 9.37. The van der Waals surface area contributed by atoms with Crippen LogP contribution >= 0.6 is 0 Å². The standard InChI is InChI=1S/C34H41N9O3/c1-39-19-29(27-8-9-35-33(28(27)20-44)42-14-15-43-25(18-42)16-23-4-2-3-5-30(23)43)38-32(34(39)45)37-24-6-7-31(36-17-24)41-12-10-40(11-13-41)26-21-46-22-26/h6-9,16-17,19,26,44H,2-5,10-15,18,20-22H2,1H3,(H,37,38). The minimum Gasteiger partial charge on any atom is -0.392 e. The maximum Gasteiger partial charge on any atom is 0.293 e. The fourth-order valence-electron chi connectivity index (χ4n) is 7.42. The highest BCUT2D eigenvalue weighted by molar-refractivity contribution is 5.71. The molecule has 0 unspecified atom stereocenters. The molecular weight excluding hydrogens is 582 g/mol. The molecule has 2 fully saturated rings. The lowest BCUT2D eigenvalue weighted by Crippen LogP contribution is -2.56. The lowest BCUT2D eigenvalue weighted by Gasteiger charge is -2.42. The molecule has 0 saturated carbocycles. The van der Waals surface area contributed by atoms with E-state index in [1.807, 2.05) is 18.2 Å². The van der Waals surface area contributed by atoms with Crippen molar-refractivity contribution in [3.63, 3.8) is 0 Å². The maximum absolute atomic E-state index is 13.2. The summed E-state index contributed by atoms with van der Waals surface area (Å²) in [6.45, 7) is 7.82. The summed E-state index contributed by atoms with van der Waals surface area (Å²) in [6, 6.07) is 8.72. The van der Waals surface area contributed by atoms with Crippen molar-refractivity contribution < 1.29 is 9.84 Å². The minimum atomic E-state index is -0.246. The van der Waals surface area contributed by atoms with Gasteiger partial charge in [-0.15, -0.1) is 0 Å². The topological polar surface area (TPSA) is 117 Å². The van der Waals surface area contributed by atoms with Gasteiger partial charge in [-0.2, -0.15) is 0 Å². The van der Waals surface area contributed by atoms with Gasteiger partial charge in [-0.05, 0) is 55.5 Å². The molecule has 2 N–H and O–H groups in total. The molecule has 0 aromatic carbocycles. The van der Waals surface area contributed by atoms with Crippen LogP contribution in [0.2, 0.25) is 0 Å². The van der Waals surface area contributed by atoms with Gasteiger partial charge in [0.1, 0.15) is 11.6 Å². The number of aliphatic hydroxyl groups excluding tert-OH is 1. The van der Waals surface area contributed by atoms with Crippen LogP contribution in [0.25, 0.3) is 11.3 Å². The largest absolute Gasteiger partial charge is 0.392 e. The van der Waals surface area contributed by atoms with Gasteiger partial charge >= 0.3 is 0 Å². The number of fused-ring (bicyclic) bond motifs is 3. The normalized spacial score (nSPS) is 18.7. The van der Waals surface area contributed by atoms with Gasteiger partial charge in [0.05, 0.1) is 50.0 Å². The molecule has 240 valence electrons. The number of hydrogen-bond donors (Lipinski definition) is 2. The molecule has 4 aromatic heterocycles. The lowest BCUT2D eigenvalue weighted by atomic mass is 9.98. The van der Waals surface area contributed by atoms with Crippen molar-refractivity contribution in [2.45, 2.75) is 51.4 Å². The second-order valence-corrected chi connectivity index (χ2v) is 12.8. The maximum atomic E-state index is 13.2. The number of nitrogens with zero attached hydrogens (tertiary/aromatic N) is 8. The summed E-state index contributed by atoms with van der Waals surface area (Å²) in [6.07, 6.45) is 10.1. The number of ether oxygens (including phenoxy) is 1. The molecule has 7 heterocycles. The third-order valence-corrected chi connectivity index (χ3v) is 10.1. The van der Waals surface area contributed by atoms with Gasteiger partial charge in [0.2, 0.25) is 0 Å². The Morgan fingerprint density at radius 1 is 1.00 bits per heavy atom. The summed E-state index contributed by atoms with van der Waals surface area (Å²) in [5.74, 6) is 1.89. The molecule has 0 bridgehead atoms. The molecule has 0 amide bonds. The summed E-state index contributed by atoms with van der Waals surface area (Å²) in [7, 11) is 1.72. The molecule has 0 atom stereocenters. The van der Waals surface area contributed by atoms with E-state index in [-0.39, 0.29) is 18.0 Å². The van der Waals surface area contributed by atoms with Crippen molar-refractivity contribution in [1.82, 2.24) is 29.0 Å². The van der Waals surface area contributed by atoms with Crippen LogP contribution in [0.3, 0.4) is 0 Å². The highest BCUT2D eigenvalue weighted by Crippen LogP contribution is 2.34. The molecule has 12 heteroatoms. The number of aryl methyl sites for hydroxylation is 2. The molecule has 8 rings (SSSR count). The first-order valence-electron chi connectivity index (χ1n) is 16.5. The molecule has 4 aliphatic rings. The van der Waals surface area contributed by atoms with Crippen molar-refractivity contribution in [2.75, 3.05) is 61.1 Å². The fraction of sp³-hybridized carbons (Fsp3) is 0.471. The molecule has 0 spiro atoms. The number of piperazine rings is 1. The van der Waals surface area contributed by atoms with Crippen LogP contribution in [0, 0.1) is 0 Å². The second-order valence-electron chi connectivity index (χ2n) is 12.8. The number of anilines is 4. The number of hydrogen-bond acceptors (Lipinski definition) is 10. The smallest absolute Gasteiger partial charge is 0.293 e. The van der Waals surface area contributed by atoms with Crippen molar-refractivity contribution >= 4 is 23.1 Å². The van der Waals surface area contributed by atoms with Gasteiger partial charge in [-0.3, -0.25) is 9.69 Å². The Morgan fingerprint density at radius 3 is 2.59 bits per heavy atom. The van der Waals surface area contributed by atoms with Gasteiger partial charge in [0.25, 0.3) is 5.56 Å². The van der Waals surface area contributed by atoms with Gasteiger partial charge < -0.3 is 34.1 Å². The van der Waals surface area contributed by atoms with Crippen LogP contribution in [-0.2, 0) is 44.3 Å². The number of nitrogens with one attached hydrogen (secondary N) is 1. The Kier molecular flexibility index (Phi) is 7.71. The zero-order chi connectivity index (χ0) is 31.2. The molecule has 46 heavy (non-hydrogen) atoms. The van der Waals surface area contributed by atoms with E-state index < -0.39 is 0 Å². The number of aromatic nitrogens is 5. The summed E-state index contributed by atoms with van der Waals surface area (Å²) >= 11 is 0. The van der Waals surface area contributed by atoms with Gasteiger partial charge in [-0.25, -0.2) is 15.0 Å². The highest BCUT2D eigenvalue weighted by atomic mass is 16.5. The summed E-state index contributed by atoms with van der Waals surface area (Å²) in [4.78, 5) is 34.4. The zero-order valence-electron chi connectivity index (χ0n) is 26.4. The first kappa shape index (κ1) is 29.2. The SMILES string of the molecule is Cn1cc(-c2ccnc(N3CCn4c(cc5c4CCCC5)C3)c2CO)nc(Nc2ccc(N3CCN(C4COC4)CC3)nc2)c1=O. The van der Waals surface area contributed by atoms with Crippen molar-refractivity contribution in [1.29, 1.82) is 0 Å². The quantitative estimate of drug-likeness (QED) is 0.318. The average Bonchev–Trinajstić information content (AvgIpc) is 3.44. The zero-order valence-corrected chi connectivity index (χ0v) is 26.4. The third kappa shape index (κ3) is 5.33. The summed E-state index contributed by atoms with van der Waals surface area (Å²) in [5.41, 5.74) is 6.80. The first-order valence-corrected chi connectivity index (χ1v) is 16.5. The number of rotatable bonds is 7. The molecular formula is C34H41N9O3. The molecule has 3 aliphatic heterocycles. The molecule has 0 radical (unpaired) electrons. The Labute approximate surface area is 268 Å². The van der Waals surface area contributed by atoms with Crippen LogP contribution < -0.4 is 20.7 Å². The Morgan fingerprint density at radius 2 is 1.83 bits per heavy atom. The predicted octanol–water partition coefficient (Wildman–Crippen LogP) is 2.69. The van der Waals surface area contributed by atoms with Crippen molar-refractivity contribution in [2.24, 2.45) is 7.05 Å². The van der Waals surface area contributed by atoms with Crippen molar-refractivity contribution in [3.8, 4) is 11.3 Å². The molecule has 2 saturated heterocycles. The highest BCUT2D eigenvalue weighted by Gasteiger charge is 2.29. The molecule has 1 aliphatic carbocycles. The van der Waals surface area contributed by atoms with Gasteiger partial charge in [0, 0.05) is 81.2 Å². The Bertz CT molecular complexity index is 1790. The van der Waals surface area contributed by atoms with Gasteiger partial charge in [-0.1, -0.05) is 0 Å². The van der Waals surface area contributed by atoms with E-state index in [1.54, 1.807) is 25.6 Å². The average molecular weight is 624 g/mol. The van der Waals surface area contributed by atoms with E-state index in [0.29, 0.717) is 23.0 Å². The minimum absolute atomic E-state index is 0.187. The number of aliphatic hydroxyl groups is 1. The van der Waals surface area contributed by atoms with Crippen LogP contribution in [0.1, 0.15) is 35.4 Å². The number of pyridine rings is 2. The van der Waals surface area contributed by atoms with Crippen LogP contribution in [0.5, 0.6) is 0 Å². The first-order chi connectivity index (χ1) is 22.6. The van der Waals surface area contributed by atoms with Crippen molar-refractivity contribution in [3.05, 3.63) is 75.7 Å². The van der Waals surface area contributed by atoms with E-state index in [9.17, 15) is 9.90 Å². The van der Waals surface area contributed by atoms with Crippen LogP contribution in [0.4, 0.5) is 23.1 Å². The Balaban J connectivity index is 1.02. The predicted molar refractivity (Wildman–Crippen MR) is 177 cm³/mol. The monoisotopic (exact) mass is 623 g/mol. The second kappa shape index (κ2) is 12.2. The molecule has 12 nitrogen and oxygen atoms in total.